The molecule has 1 aliphatic heterocycles. The van der Waals surface area contributed by atoms with Crippen molar-refractivity contribution in [1.29, 1.82) is 0 Å². The van der Waals surface area contributed by atoms with Crippen LogP contribution in [0.15, 0.2) is 0 Å². The van der Waals surface area contributed by atoms with Gasteiger partial charge in [-0.2, -0.15) is 0 Å². The van der Waals surface area contributed by atoms with E-state index in [1.54, 1.807) is 0 Å². The van der Waals surface area contributed by atoms with E-state index in [-0.39, 0.29) is 12.6 Å². The first-order valence-corrected chi connectivity index (χ1v) is 6.56. The molecule has 1 rings (SSSR count). The normalized spacial score (nSPS) is 18.8. The van der Waals surface area contributed by atoms with Gasteiger partial charge in [-0.3, -0.25) is 0 Å². The second-order valence-electron chi connectivity index (χ2n) is 3.73. The highest BCUT2D eigenvalue weighted by molar-refractivity contribution is 7.99. The van der Waals surface area contributed by atoms with Gasteiger partial charge >= 0.3 is 12.0 Å². The van der Waals surface area contributed by atoms with E-state index in [2.05, 4.69) is 5.92 Å². The van der Waals surface area contributed by atoms with E-state index in [0.29, 0.717) is 18.2 Å². The number of rotatable bonds is 4. The number of nitrogens with zero attached hydrogens (tertiary/aromatic N) is 2. The maximum absolute atomic E-state index is 12.1. The Kier molecular flexibility index (Phi) is 5.16. The van der Waals surface area contributed by atoms with Gasteiger partial charge in [0.25, 0.3) is 0 Å². The molecule has 0 spiro atoms. The smallest absolute Gasteiger partial charge is 0.327 e. The number of terminal acetylenes is 1. The van der Waals surface area contributed by atoms with E-state index in [9.17, 15) is 9.59 Å². The summed E-state index contributed by atoms with van der Waals surface area (Å²) in [6.07, 6.45) is 6.00. The summed E-state index contributed by atoms with van der Waals surface area (Å²) in [4.78, 5) is 26.0. The molecule has 0 unspecified atom stereocenters. The summed E-state index contributed by atoms with van der Waals surface area (Å²) in [6.45, 7) is 2.72. The number of urea groups is 1. The van der Waals surface area contributed by atoms with Crippen molar-refractivity contribution in [1.82, 2.24) is 9.80 Å². The van der Waals surface area contributed by atoms with Gasteiger partial charge in [0.2, 0.25) is 0 Å². The molecule has 0 aromatic heterocycles. The van der Waals surface area contributed by atoms with Crippen LogP contribution in [0.3, 0.4) is 0 Å². The number of amides is 2. The van der Waals surface area contributed by atoms with Crippen LogP contribution in [0.5, 0.6) is 0 Å². The van der Waals surface area contributed by atoms with E-state index in [1.807, 2.05) is 6.92 Å². The van der Waals surface area contributed by atoms with Gasteiger partial charge in [0.15, 0.2) is 0 Å². The van der Waals surface area contributed by atoms with E-state index in [4.69, 9.17) is 11.5 Å². The lowest BCUT2D eigenvalue weighted by Crippen LogP contribution is -2.49. The highest BCUT2D eigenvalue weighted by Crippen LogP contribution is 2.22. The third-order valence-electron chi connectivity index (χ3n) is 2.46. The van der Waals surface area contributed by atoms with Crippen LogP contribution in [-0.4, -0.2) is 57.7 Å². The molecule has 2 amide bonds. The second kappa shape index (κ2) is 6.40. The van der Waals surface area contributed by atoms with Gasteiger partial charge < -0.3 is 14.9 Å². The quantitative estimate of drug-likeness (QED) is 0.760. The SMILES string of the molecule is C#CCN(CCC)C(=O)N1CSC[C@H]1C(=O)O. The van der Waals surface area contributed by atoms with Gasteiger partial charge in [-0.05, 0) is 6.42 Å². The van der Waals surface area contributed by atoms with Gasteiger partial charge in [-0.25, -0.2) is 9.59 Å². The van der Waals surface area contributed by atoms with E-state index in [0.717, 1.165) is 6.42 Å². The summed E-state index contributed by atoms with van der Waals surface area (Å²) in [5.74, 6) is 2.33. The molecule has 0 aromatic rings. The molecule has 1 saturated heterocycles. The number of aliphatic carboxylic acids is 1. The zero-order chi connectivity index (χ0) is 12.8. The summed E-state index contributed by atoms with van der Waals surface area (Å²) in [6, 6.07) is -1.01. The van der Waals surface area contributed by atoms with E-state index < -0.39 is 12.0 Å². The van der Waals surface area contributed by atoms with Crippen molar-refractivity contribution in [2.24, 2.45) is 0 Å². The first-order valence-electron chi connectivity index (χ1n) is 5.41. The average molecular weight is 256 g/mol. The lowest BCUT2D eigenvalue weighted by molar-refractivity contribution is -0.140. The molecule has 0 aromatic carbocycles. The van der Waals surface area contributed by atoms with Crippen LogP contribution in [0.25, 0.3) is 0 Å². The molecule has 0 radical (unpaired) electrons. The number of carbonyl (C=O) groups is 2. The lowest BCUT2D eigenvalue weighted by Gasteiger charge is -2.28. The molecule has 0 aliphatic carbocycles. The average Bonchev–Trinajstić information content (AvgIpc) is 2.76. The third kappa shape index (κ3) is 3.30. The third-order valence-corrected chi connectivity index (χ3v) is 3.47. The fourth-order valence-corrected chi connectivity index (χ4v) is 2.78. The highest BCUT2D eigenvalue weighted by atomic mass is 32.2. The first kappa shape index (κ1) is 13.7. The summed E-state index contributed by atoms with van der Waals surface area (Å²) in [7, 11) is 0. The Morgan fingerprint density at radius 3 is 2.88 bits per heavy atom. The van der Waals surface area contributed by atoms with Crippen LogP contribution in [0, 0.1) is 12.3 Å². The highest BCUT2D eigenvalue weighted by Gasteiger charge is 2.36. The zero-order valence-corrected chi connectivity index (χ0v) is 10.6. The van der Waals surface area contributed by atoms with Crippen LogP contribution < -0.4 is 0 Å². The van der Waals surface area contributed by atoms with Gasteiger partial charge in [0, 0.05) is 12.3 Å². The van der Waals surface area contributed by atoms with Gasteiger partial charge in [0.05, 0.1) is 12.4 Å². The summed E-state index contributed by atoms with van der Waals surface area (Å²) in [5, 5.41) is 9.01. The van der Waals surface area contributed by atoms with Gasteiger partial charge in [-0.15, -0.1) is 18.2 Å². The summed E-state index contributed by atoms with van der Waals surface area (Å²) >= 11 is 1.45. The van der Waals surface area contributed by atoms with Crippen molar-refractivity contribution in [3.63, 3.8) is 0 Å². The predicted molar refractivity (Wildman–Crippen MR) is 66.7 cm³/mol. The lowest BCUT2D eigenvalue weighted by atomic mass is 10.3. The van der Waals surface area contributed by atoms with Crippen molar-refractivity contribution in [2.45, 2.75) is 19.4 Å². The Bertz CT molecular complexity index is 340. The van der Waals surface area contributed by atoms with Gasteiger partial charge in [0.1, 0.15) is 6.04 Å². The number of thioether (sulfide) groups is 1. The number of carboxylic acids is 1. The molecule has 0 bridgehead atoms. The topological polar surface area (TPSA) is 60.9 Å². The summed E-state index contributed by atoms with van der Waals surface area (Å²) < 4.78 is 0. The van der Waals surface area contributed by atoms with Crippen molar-refractivity contribution >= 4 is 23.8 Å². The zero-order valence-electron chi connectivity index (χ0n) is 9.76. The van der Waals surface area contributed by atoms with Crippen molar-refractivity contribution < 1.29 is 14.7 Å². The fourth-order valence-electron chi connectivity index (χ4n) is 1.64. The fraction of sp³-hybridized carbons (Fsp3) is 0.636. The van der Waals surface area contributed by atoms with Crippen LogP contribution in [0.4, 0.5) is 4.79 Å². The number of hydrogen-bond donors (Lipinski definition) is 1. The molecule has 1 heterocycles. The molecule has 1 fully saturated rings. The molecule has 1 atom stereocenters. The molecular weight excluding hydrogens is 240 g/mol. The second-order valence-corrected chi connectivity index (χ2v) is 4.73. The Morgan fingerprint density at radius 2 is 2.35 bits per heavy atom. The largest absolute Gasteiger partial charge is 0.480 e. The first-order chi connectivity index (χ1) is 8.11. The van der Waals surface area contributed by atoms with Crippen LogP contribution in [0.1, 0.15) is 13.3 Å². The Labute approximate surface area is 105 Å². The van der Waals surface area contributed by atoms with E-state index in [1.165, 1.54) is 21.6 Å². The molecule has 1 N–H and O–H groups in total. The monoisotopic (exact) mass is 256 g/mol. The van der Waals surface area contributed by atoms with Crippen LogP contribution >= 0.6 is 11.8 Å². The van der Waals surface area contributed by atoms with Crippen LogP contribution in [0.2, 0.25) is 0 Å². The maximum Gasteiger partial charge on any atom is 0.327 e. The standard InChI is InChI=1S/C11H16N2O3S/c1-3-5-12(6-4-2)11(16)13-8-17-7-9(13)10(14)15/h1,9H,4-8H2,2H3,(H,14,15)/t9-/m0/s1. The maximum atomic E-state index is 12.1. The predicted octanol–water partition coefficient (Wildman–Crippen LogP) is 0.911. The molecule has 1 aliphatic rings. The van der Waals surface area contributed by atoms with E-state index >= 15 is 0 Å². The number of hydrogen-bond acceptors (Lipinski definition) is 3. The summed E-state index contributed by atoms with van der Waals surface area (Å²) in [5.41, 5.74) is 0. The minimum Gasteiger partial charge on any atom is -0.480 e. The number of carbonyl (C=O) groups excluding carboxylic acids is 1. The number of carboxylic acid groups (broad SMARTS) is 1. The minimum absolute atomic E-state index is 0.222. The molecule has 17 heavy (non-hydrogen) atoms. The minimum atomic E-state index is -0.958. The molecule has 0 saturated carbocycles. The van der Waals surface area contributed by atoms with Crippen molar-refractivity contribution in [2.75, 3.05) is 24.7 Å². The molecule has 6 heteroatoms. The van der Waals surface area contributed by atoms with Crippen molar-refractivity contribution in [3.05, 3.63) is 0 Å². The van der Waals surface area contributed by atoms with Crippen molar-refractivity contribution in [3.8, 4) is 12.3 Å². The Morgan fingerprint density at radius 1 is 1.65 bits per heavy atom. The molecule has 5 nitrogen and oxygen atoms in total. The Balaban J connectivity index is 2.72. The molecule has 94 valence electrons. The van der Waals surface area contributed by atoms with Crippen LogP contribution in [-0.2, 0) is 4.79 Å². The molecular formula is C11H16N2O3S. The van der Waals surface area contributed by atoms with Gasteiger partial charge in [-0.1, -0.05) is 12.8 Å². The Hall–Kier alpha value is -1.35.